The minimum Gasteiger partial charge on any atom is -0.481 e. The van der Waals surface area contributed by atoms with Crippen LogP contribution in [0.15, 0.2) is 78.9 Å². The molecule has 0 amide bonds. The molecule has 0 bridgehead atoms. The normalized spacial score (nSPS) is 19.4. The zero-order valence-corrected chi connectivity index (χ0v) is 18.1. The maximum atomic E-state index is 13.1. The van der Waals surface area contributed by atoms with Gasteiger partial charge in [-0.1, -0.05) is 66.7 Å². The average Bonchev–Trinajstić information content (AvgIpc) is 2.80. The molecule has 1 heterocycles. The third-order valence-corrected chi connectivity index (χ3v) is 6.38. The first kappa shape index (κ1) is 23.1. The summed E-state index contributed by atoms with van der Waals surface area (Å²) in [6.45, 7) is 1.32. The molecule has 3 nitrogen and oxygen atoms in total. The van der Waals surface area contributed by atoms with E-state index in [0.717, 1.165) is 40.8 Å². The highest BCUT2D eigenvalue weighted by atomic mass is 19.4. The molecule has 4 rings (SSSR count). The minimum atomic E-state index is -4.38. The van der Waals surface area contributed by atoms with Crippen LogP contribution in [0.4, 0.5) is 13.2 Å². The lowest BCUT2D eigenvalue weighted by Gasteiger charge is -2.40. The van der Waals surface area contributed by atoms with Gasteiger partial charge in [0.05, 0.1) is 5.56 Å². The average molecular weight is 454 g/mol. The van der Waals surface area contributed by atoms with E-state index in [-0.39, 0.29) is 18.4 Å². The van der Waals surface area contributed by atoms with Crippen molar-refractivity contribution >= 4 is 5.97 Å². The van der Waals surface area contributed by atoms with Gasteiger partial charge in [-0.2, -0.15) is 13.2 Å². The Labute approximate surface area is 191 Å². The number of alkyl halides is 3. The van der Waals surface area contributed by atoms with Gasteiger partial charge in [0.15, 0.2) is 0 Å². The molecule has 172 valence electrons. The zero-order valence-electron chi connectivity index (χ0n) is 18.1. The quantitative estimate of drug-likeness (QED) is 0.446. The van der Waals surface area contributed by atoms with Crippen molar-refractivity contribution < 1.29 is 23.1 Å². The fraction of sp³-hybridized carbons (Fsp3) is 0.296. The Morgan fingerprint density at radius 3 is 2.27 bits per heavy atom. The van der Waals surface area contributed by atoms with Gasteiger partial charge in [-0.25, -0.2) is 0 Å². The van der Waals surface area contributed by atoms with Gasteiger partial charge in [0, 0.05) is 19.0 Å². The monoisotopic (exact) mass is 453 g/mol. The molecule has 0 aliphatic carbocycles. The number of aliphatic carboxylic acids is 1. The number of carboxylic acid groups (broad SMARTS) is 1. The topological polar surface area (TPSA) is 40.5 Å². The lowest BCUT2D eigenvalue weighted by atomic mass is 9.84. The number of likely N-dealkylation sites (tertiary alicyclic amines) is 1. The van der Waals surface area contributed by atoms with Gasteiger partial charge in [0.25, 0.3) is 0 Å². The molecule has 1 fully saturated rings. The molecule has 1 aliphatic heterocycles. The molecule has 0 saturated carbocycles. The largest absolute Gasteiger partial charge is 0.481 e. The molecule has 1 saturated heterocycles. The van der Waals surface area contributed by atoms with Gasteiger partial charge in [0.1, 0.15) is 0 Å². The number of carboxylic acids is 1. The van der Waals surface area contributed by atoms with E-state index in [1.807, 2.05) is 30.3 Å². The highest BCUT2D eigenvalue weighted by molar-refractivity contribution is 5.67. The number of nitrogens with zero attached hydrogens (tertiary/aromatic N) is 1. The number of halogens is 3. The number of rotatable bonds is 6. The predicted octanol–water partition coefficient (Wildman–Crippen LogP) is 6.80. The Bertz CT molecular complexity index is 1080. The summed E-state index contributed by atoms with van der Waals surface area (Å²) in [4.78, 5) is 13.6. The number of hydrogen-bond acceptors (Lipinski definition) is 2. The standard InChI is InChI=1S/C27H26F3NO2/c28-27(29,30)23-12-10-21(11-13-23)25-16-19(17-26(32)33)14-15-31(25)18-22-8-4-5-9-24(22)20-6-2-1-3-7-20/h1-13,19,25H,14-18H2,(H,32,33)/t19-,25+/m0/s1. The van der Waals surface area contributed by atoms with Crippen molar-refractivity contribution in [1.29, 1.82) is 0 Å². The molecule has 1 N–H and O–H groups in total. The fourth-order valence-corrected chi connectivity index (χ4v) is 4.73. The van der Waals surface area contributed by atoms with E-state index in [1.165, 1.54) is 12.1 Å². The maximum Gasteiger partial charge on any atom is 0.416 e. The summed E-state index contributed by atoms with van der Waals surface area (Å²) >= 11 is 0. The molecule has 0 spiro atoms. The van der Waals surface area contributed by atoms with Crippen LogP contribution in [0.3, 0.4) is 0 Å². The second kappa shape index (κ2) is 9.79. The van der Waals surface area contributed by atoms with Crippen LogP contribution < -0.4 is 0 Å². The molecule has 3 aromatic rings. The van der Waals surface area contributed by atoms with E-state index in [0.29, 0.717) is 19.5 Å². The second-order valence-corrected chi connectivity index (χ2v) is 8.62. The van der Waals surface area contributed by atoms with E-state index < -0.39 is 17.7 Å². The molecule has 6 heteroatoms. The first-order valence-electron chi connectivity index (χ1n) is 11.1. The smallest absolute Gasteiger partial charge is 0.416 e. The highest BCUT2D eigenvalue weighted by Gasteiger charge is 2.33. The summed E-state index contributed by atoms with van der Waals surface area (Å²) < 4.78 is 39.2. The Kier molecular flexibility index (Phi) is 6.84. The number of benzene rings is 3. The van der Waals surface area contributed by atoms with Crippen molar-refractivity contribution in [2.45, 2.75) is 38.0 Å². The van der Waals surface area contributed by atoms with E-state index in [9.17, 15) is 23.1 Å². The molecule has 0 radical (unpaired) electrons. The molecule has 33 heavy (non-hydrogen) atoms. The van der Waals surface area contributed by atoms with Gasteiger partial charge in [-0.3, -0.25) is 9.69 Å². The van der Waals surface area contributed by atoms with Gasteiger partial charge >= 0.3 is 12.1 Å². The fourth-order valence-electron chi connectivity index (χ4n) is 4.73. The summed E-state index contributed by atoms with van der Waals surface area (Å²) in [6, 6.07) is 23.4. The lowest BCUT2D eigenvalue weighted by molar-refractivity contribution is -0.139. The van der Waals surface area contributed by atoms with Crippen LogP contribution in [0, 0.1) is 5.92 Å². The van der Waals surface area contributed by atoms with Crippen LogP contribution in [0.5, 0.6) is 0 Å². The van der Waals surface area contributed by atoms with E-state index in [1.54, 1.807) is 0 Å². The minimum absolute atomic E-state index is 0.00425. The maximum absolute atomic E-state index is 13.1. The SMILES string of the molecule is O=C(O)C[C@H]1CCN(Cc2ccccc2-c2ccccc2)[C@@H](c2ccc(C(F)(F)F)cc2)C1. The highest BCUT2D eigenvalue weighted by Crippen LogP contribution is 2.39. The molecule has 0 unspecified atom stereocenters. The van der Waals surface area contributed by atoms with E-state index in [4.69, 9.17) is 0 Å². The summed E-state index contributed by atoms with van der Waals surface area (Å²) in [5.74, 6) is -0.843. The van der Waals surface area contributed by atoms with Crippen molar-refractivity contribution in [2.24, 2.45) is 5.92 Å². The molecular formula is C27H26F3NO2. The van der Waals surface area contributed by atoms with Crippen molar-refractivity contribution in [3.63, 3.8) is 0 Å². The predicted molar refractivity (Wildman–Crippen MR) is 121 cm³/mol. The van der Waals surface area contributed by atoms with E-state index >= 15 is 0 Å². The van der Waals surface area contributed by atoms with Crippen LogP contribution in [0.2, 0.25) is 0 Å². The molecule has 0 aromatic heterocycles. The molecular weight excluding hydrogens is 427 g/mol. The van der Waals surface area contributed by atoms with Crippen molar-refractivity contribution in [3.8, 4) is 11.1 Å². The Hall–Kier alpha value is -3.12. The van der Waals surface area contributed by atoms with Crippen molar-refractivity contribution in [2.75, 3.05) is 6.54 Å². The third-order valence-electron chi connectivity index (χ3n) is 6.38. The molecule has 1 aliphatic rings. The van der Waals surface area contributed by atoms with Crippen LogP contribution in [-0.4, -0.2) is 22.5 Å². The first-order valence-corrected chi connectivity index (χ1v) is 11.1. The van der Waals surface area contributed by atoms with Crippen LogP contribution >= 0.6 is 0 Å². The van der Waals surface area contributed by atoms with Crippen LogP contribution in [0.1, 0.15) is 42.0 Å². The lowest BCUT2D eigenvalue weighted by Crippen LogP contribution is -2.37. The van der Waals surface area contributed by atoms with Gasteiger partial charge in [-0.05, 0) is 59.7 Å². The zero-order chi connectivity index (χ0) is 23.4. The molecule has 2 atom stereocenters. The van der Waals surface area contributed by atoms with Crippen molar-refractivity contribution in [1.82, 2.24) is 4.90 Å². The Balaban J connectivity index is 1.63. The van der Waals surface area contributed by atoms with E-state index in [2.05, 4.69) is 29.2 Å². The van der Waals surface area contributed by atoms with Crippen LogP contribution in [0.25, 0.3) is 11.1 Å². The third kappa shape index (κ3) is 5.63. The summed E-state index contributed by atoms with van der Waals surface area (Å²) in [5, 5.41) is 9.27. The van der Waals surface area contributed by atoms with Gasteiger partial charge < -0.3 is 5.11 Å². The Morgan fingerprint density at radius 1 is 0.939 bits per heavy atom. The number of piperidine rings is 1. The Morgan fingerprint density at radius 2 is 1.61 bits per heavy atom. The van der Waals surface area contributed by atoms with Gasteiger partial charge in [0.2, 0.25) is 0 Å². The summed E-state index contributed by atoms with van der Waals surface area (Å²) in [5.41, 5.74) is 3.48. The van der Waals surface area contributed by atoms with Crippen molar-refractivity contribution in [3.05, 3.63) is 95.6 Å². The number of carbonyl (C=O) groups is 1. The number of hydrogen-bond donors (Lipinski definition) is 1. The van der Waals surface area contributed by atoms with Crippen LogP contribution in [-0.2, 0) is 17.5 Å². The summed E-state index contributed by atoms with van der Waals surface area (Å²) in [7, 11) is 0. The molecule has 3 aromatic carbocycles. The summed E-state index contributed by atoms with van der Waals surface area (Å²) in [6.07, 6.45) is -2.96. The van der Waals surface area contributed by atoms with Gasteiger partial charge in [-0.15, -0.1) is 0 Å². The second-order valence-electron chi connectivity index (χ2n) is 8.62. The first-order chi connectivity index (χ1) is 15.8.